The van der Waals surface area contributed by atoms with Crippen LogP contribution in [0, 0.1) is 10.1 Å². The van der Waals surface area contributed by atoms with Gasteiger partial charge < -0.3 is 9.64 Å². The maximum absolute atomic E-state index is 11.9. The molecule has 8 heteroatoms. The Hall–Kier alpha value is -2.15. The van der Waals surface area contributed by atoms with Crippen molar-refractivity contribution in [3.8, 4) is 0 Å². The number of hydrogen-bond acceptors (Lipinski definition) is 5. The van der Waals surface area contributed by atoms with Crippen LogP contribution in [-0.4, -0.2) is 41.9 Å². The van der Waals surface area contributed by atoms with Gasteiger partial charge in [0.05, 0.1) is 4.92 Å². The number of ether oxygens (including phenoxy) is 1. The Labute approximate surface area is 120 Å². The molecule has 0 heterocycles. The molecule has 0 unspecified atom stereocenters. The lowest BCUT2D eigenvalue weighted by molar-refractivity contribution is -0.385. The second kappa shape index (κ2) is 6.33. The van der Waals surface area contributed by atoms with E-state index in [1.807, 2.05) is 0 Å². The molecule has 20 heavy (non-hydrogen) atoms. The number of halogens is 1. The second-order valence-electron chi connectivity index (χ2n) is 4.20. The fourth-order valence-corrected chi connectivity index (χ4v) is 1.64. The van der Waals surface area contributed by atoms with Crippen molar-refractivity contribution in [3.05, 3.63) is 38.9 Å². The van der Waals surface area contributed by atoms with Crippen LogP contribution < -0.4 is 0 Å². The van der Waals surface area contributed by atoms with Gasteiger partial charge in [0.15, 0.2) is 6.10 Å². The van der Waals surface area contributed by atoms with E-state index in [1.165, 1.54) is 32.0 Å². The lowest BCUT2D eigenvalue weighted by atomic mass is 10.2. The summed E-state index contributed by atoms with van der Waals surface area (Å²) in [6.07, 6.45) is -1.05. The van der Waals surface area contributed by atoms with Gasteiger partial charge in [-0.1, -0.05) is 11.6 Å². The lowest BCUT2D eigenvalue weighted by Gasteiger charge is -2.17. The third-order valence-corrected chi connectivity index (χ3v) is 2.68. The van der Waals surface area contributed by atoms with Crippen molar-refractivity contribution in [2.75, 3.05) is 14.1 Å². The van der Waals surface area contributed by atoms with E-state index < -0.39 is 28.6 Å². The van der Waals surface area contributed by atoms with Crippen molar-refractivity contribution in [2.24, 2.45) is 0 Å². The highest BCUT2D eigenvalue weighted by atomic mass is 35.5. The summed E-state index contributed by atoms with van der Waals surface area (Å²) in [6, 6.07) is 3.54. The van der Waals surface area contributed by atoms with E-state index in [-0.39, 0.29) is 10.6 Å². The van der Waals surface area contributed by atoms with E-state index in [1.54, 1.807) is 0 Å². The molecule has 0 bridgehead atoms. The van der Waals surface area contributed by atoms with Crippen LogP contribution in [0.4, 0.5) is 5.69 Å². The number of esters is 1. The van der Waals surface area contributed by atoms with Crippen LogP contribution in [-0.2, 0) is 9.53 Å². The normalized spacial score (nSPS) is 11.6. The molecule has 0 saturated carbocycles. The Morgan fingerprint density at radius 1 is 1.40 bits per heavy atom. The van der Waals surface area contributed by atoms with E-state index in [2.05, 4.69) is 0 Å². The Bertz CT molecular complexity index is 559. The minimum atomic E-state index is -1.05. The number of nitro groups is 1. The average Bonchev–Trinajstić information content (AvgIpc) is 2.36. The summed E-state index contributed by atoms with van der Waals surface area (Å²) in [5.74, 6) is -1.40. The van der Waals surface area contributed by atoms with Crippen LogP contribution in [0.3, 0.4) is 0 Å². The summed E-state index contributed by atoms with van der Waals surface area (Å²) in [5, 5.41) is 11.0. The molecule has 1 rings (SSSR count). The van der Waals surface area contributed by atoms with E-state index in [4.69, 9.17) is 16.3 Å². The van der Waals surface area contributed by atoms with Crippen LogP contribution in [0.25, 0.3) is 0 Å². The van der Waals surface area contributed by atoms with Gasteiger partial charge in [-0.3, -0.25) is 14.9 Å². The monoisotopic (exact) mass is 300 g/mol. The first kappa shape index (κ1) is 15.9. The SMILES string of the molecule is C[C@@H](OC(=O)c1cc(Cl)ccc1[N+](=O)[O-])C(=O)N(C)C. The zero-order chi connectivity index (χ0) is 15.4. The molecular weight excluding hydrogens is 288 g/mol. The minimum absolute atomic E-state index is 0.161. The first-order chi connectivity index (χ1) is 9.23. The molecule has 1 atom stereocenters. The molecule has 0 radical (unpaired) electrons. The number of benzene rings is 1. The van der Waals surface area contributed by atoms with Crippen molar-refractivity contribution in [2.45, 2.75) is 13.0 Å². The molecule has 1 aromatic rings. The second-order valence-corrected chi connectivity index (χ2v) is 4.64. The van der Waals surface area contributed by atoms with Gasteiger partial charge >= 0.3 is 5.97 Å². The summed E-state index contributed by atoms with van der Waals surface area (Å²) in [6.45, 7) is 1.39. The largest absolute Gasteiger partial charge is 0.449 e. The number of rotatable bonds is 4. The highest BCUT2D eigenvalue weighted by Crippen LogP contribution is 2.23. The van der Waals surface area contributed by atoms with Gasteiger partial charge in [-0.2, -0.15) is 0 Å². The number of amides is 1. The van der Waals surface area contributed by atoms with Crippen LogP contribution in [0.2, 0.25) is 5.02 Å². The van der Waals surface area contributed by atoms with E-state index in [9.17, 15) is 19.7 Å². The van der Waals surface area contributed by atoms with Crippen LogP contribution in [0.15, 0.2) is 18.2 Å². The standard InChI is InChI=1S/C12H13ClN2O5/c1-7(11(16)14(2)3)20-12(17)9-6-8(13)4-5-10(9)15(18)19/h4-7H,1-3H3/t7-/m1/s1. The molecule has 0 saturated heterocycles. The van der Waals surface area contributed by atoms with Crippen LogP contribution in [0.1, 0.15) is 17.3 Å². The highest BCUT2D eigenvalue weighted by molar-refractivity contribution is 6.31. The maximum atomic E-state index is 11.9. The van der Waals surface area contributed by atoms with Crippen LogP contribution >= 0.6 is 11.6 Å². The Balaban J connectivity index is 3.01. The van der Waals surface area contributed by atoms with E-state index >= 15 is 0 Å². The summed E-state index contributed by atoms with van der Waals surface area (Å²) in [5.41, 5.74) is -0.718. The minimum Gasteiger partial charge on any atom is -0.449 e. The summed E-state index contributed by atoms with van der Waals surface area (Å²) in [4.78, 5) is 34.9. The molecule has 0 N–H and O–H groups in total. The van der Waals surface area contributed by atoms with Gasteiger partial charge in [-0.05, 0) is 19.1 Å². The molecule has 0 fully saturated rings. The molecule has 0 aliphatic rings. The zero-order valence-corrected chi connectivity index (χ0v) is 11.9. The maximum Gasteiger partial charge on any atom is 0.345 e. The Morgan fingerprint density at radius 3 is 2.50 bits per heavy atom. The predicted octanol–water partition coefficient (Wildman–Crippen LogP) is 1.88. The molecular formula is C12H13ClN2O5. The molecule has 1 aromatic carbocycles. The predicted molar refractivity (Wildman–Crippen MR) is 71.7 cm³/mol. The van der Waals surface area contributed by atoms with Gasteiger partial charge in [-0.25, -0.2) is 4.79 Å². The molecule has 7 nitrogen and oxygen atoms in total. The van der Waals surface area contributed by atoms with E-state index in [0.29, 0.717) is 0 Å². The van der Waals surface area contributed by atoms with E-state index in [0.717, 1.165) is 12.1 Å². The fourth-order valence-electron chi connectivity index (χ4n) is 1.47. The van der Waals surface area contributed by atoms with Crippen molar-refractivity contribution < 1.29 is 19.2 Å². The topological polar surface area (TPSA) is 89.7 Å². The quantitative estimate of drug-likeness (QED) is 0.481. The molecule has 108 valence electrons. The first-order valence-electron chi connectivity index (χ1n) is 5.60. The number of nitro benzene ring substituents is 1. The zero-order valence-electron chi connectivity index (χ0n) is 11.1. The number of carbonyl (C=O) groups excluding carboxylic acids is 2. The van der Waals surface area contributed by atoms with Crippen molar-refractivity contribution in [3.63, 3.8) is 0 Å². The van der Waals surface area contributed by atoms with Crippen molar-refractivity contribution >= 4 is 29.2 Å². The Kier molecular flexibility index (Phi) is 5.04. The molecule has 0 spiro atoms. The molecule has 0 aliphatic carbocycles. The highest BCUT2D eigenvalue weighted by Gasteiger charge is 2.26. The van der Waals surface area contributed by atoms with Crippen molar-refractivity contribution in [1.82, 2.24) is 4.90 Å². The smallest absolute Gasteiger partial charge is 0.345 e. The average molecular weight is 301 g/mol. The molecule has 1 amide bonds. The first-order valence-corrected chi connectivity index (χ1v) is 5.98. The van der Waals surface area contributed by atoms with Crippen molar-refractivity contribution in [1.29, 1.82) is 0 Å². The third kappa shape index (κ3) is 3.67. The molecule has 0 aliphatic heterocycles. The van der Waals surface area contributed by atoms with Gasteiger partial charge in [-0.15, -0.1) is 0 Å². The van der Waals surface area contributed by atoms with Crippen LogP contribution in [0.5, 0.6) is 0 Å². The number of hydrogen-bond donors (Lipinski definition) is 0. The number of likely N-dealkylation sites (N-methyl/N-ethyl adjacent to an activating group) is 1. The molecule has 0 aromatic heterocycles. The number of nitrogens with zero attached hydrogens (tertiary/aromatic N) is 2. The lowest BCUT2D eigenvalue weighted by Crippen LogP contribution is -2.35. The third-order valence-electron chi connectivity index (χ3n) is 2.45. The summed E-state index contributed by atoms with van der Waals surface area (Å²) < 4.78 is 4.91. The fraction of sp³-hybridized carbons (Fsp3) is 0.333. The van der Waals surface area contributed by atoms with Gasteiger partial charge in [0.2, 0.25) is 0 Å². The summed E-state index contributed by atoms with van der Waals surface area (Å²) >= 11 is 5.71. The summed E-state index contributed by atoms with van der Waals surface area (Å²) in [7, 11) is 3.02. The Morgan fingerprint density at radius 2 is 2.00 bits per heavy atom. The number of carbonyl (C=O) groups is 2. The van der Waals surface area contributed by atoms with Gasteiger partial charge in [0.1, 0.15) is 5.56 Å². The van der Waals surface area contributed by atoms with Gasteiger partial charge in [0, 0.05) is 25.2 Å². The van der Waals surface area contributed by atoms with Gasteiger partial charge in [0.25, 0.3) is 11.6 Å².